The zero-order valence-electron chi connectivity index (χ0n) is 10.2. The lowest BCUT2D eigenvalue weighted by molar-refractivity contribution is 0.101. The van der Waals surface area contributed by atoms with E-state index in [0.29, 0.717) is 11.4 Å². The Bertz CT molecular complexity index is 636. The Balaban J connectivity index is 2.07. The summed E-state index contributed by atoms with van der Waals surface area (Å²) in [7, 11) is 0. The molecule has 7 nitrogen and oxygen atoms in total. The molecule has 3 N–H and O–H groups in total. The Morgan fingerprint density at radius 2 is 2.37 bits per heavy atom. The van der Waals surface area contributed by atoms with Crippen molar-refractivity contribution in [1.29, 1.82) is 0 Å². The average molecular weight is 257 g/mol. The highest BCUT2D eigenvalue weighted by Gasteiger charge is 2.11. The van der Waals surface area contributed by atoms with Crippen LogP contribution in [0.2, 0.25) is 0 Å². The predicted molar refractivity (Wildman–Crippen MR) is 67.2 cm³/mol. The van der Waals surface area contributed by atoms with Crippen LogP contribution in [-0.4, -0.2) is 27.6 Å². The number of amides is 1. The lowest BCUT2D eigenvalue weighted by atomic mass is 10.2. The molecule has 96 valence electrons. The molecule has 0 unspecified atom stereocenters. The fraction of sp³-hybridized carbons (Fsp3) is 0.167. The highest BCUT2D eigenvalue weighted by Crippen LogP contribution is 2.05. The fourth-order valence-corrected chi connectivity index (χ4v) is 1.26. The summed E-state index contributed by atoms with van der Waals surface area (Å²) >= 11 is 0. The number of nitrogens with zero attached hydrogens (tertiary/aromatic N) is 3. The highest BCUT2D eigenvalue weighted by atomic mass is 16.5. The summed E-state index contributed by atoms with van der Waals surface area (Å²) in [6, 6.07) is 3.28. The van der Waals surface area contributed by atoms with E-state index >= 15 is 0 Å². The SMILES string of the molecule is Cc1noc(NC(=O)c2ccc(C#CCN)cn2)n1. The minimum atomic E-state index is -0.429. The molecule has 2 heterocycles. The van der Waals surface area contributed by atoms with Gasteiger partial charge in [0.1, 0.15) is 5.69 Å². The largest absolute Gasteiger partial charge is 0.328 e. The van der Waals surface area contributed by atoms with Crippen LogP contribution in [0, 0.1) is 18.8 Å². The minimum Gasteiger partial charge on any atom is -0.320 e. The van der Waals surface area contributed by atoms with Crippen molar-refractivity contribution in [2.45, 2.75) is 6.92 Å². The van der Waals surface area contributed by atoms with E-state index in [9.17, 15) is 4.79 Å². The van der Waals surface area contributed by atoms with Gasteiger partial charge in [0, 0.05) is 11.8 Å². The van der Waals surface area contributed by atoms with Crippen molar-refractivity contribution in [2.75, 3.05) is 11.9 Å². The van der Waals surface area contributed by atoms with E-state index in [-0.39, 0.29) is 18.3 Å². The zero-order chi connectivity index (χ0) is 13.7. The molecule has 0 saturated heterocycles. The van der Waals surface area contributed by atoms with Gasteiger partial charge in [-0.15, -0.1) is 0 Å². The van der Waals surface area contributed by atoms with Gasteiger partial charge in [-0.1, -0.05) is 17.0 Å². The molecule has 2 aromatic heterocycles. The molecule has 0 spiro atoms. The molecule has 2 aromatic rings. The first-order valence-electron chi connectivity index (χ1n) is 5.45. The lowest BCUT2D eigenvalue weighted by Gasteiger charge is -1.99. The van der Waals surface area contributed by atoms with Crippen LogP contribution in [-0.2, 0) is 0 Å². The number of nitrogens with one attached hydrogen (secondary N) is 1. The van der Waals surface area contributed by atoms with E-state index < -0.39 is 5.91 Å². The normalized spacial score (nSPS) is 9.58. The number of aryl methyl sites for hydroxylation is 1. The fourth-order valence-electron chi connectivity index (χ4n) is 1.26. The Labute approximate surface area is 109 Å². The molecule has 0 atom stereocenters. The minimum absolute atomic E-state index is 0.0382. The van der Waals surface area contributed by atoms with Crippen molar-refractivity contribution in [2.24, 2.45) is 5.73 Å². The van der Waals surface area contributed by atoms with Crippen molar-refractivity contribution in [3.05, 3.63) is 35.4 Å². The van der Waals surface area contributed by atoms with Gasteiger partial charge in [0.15, 0.2) is 5.82 Å². The van der Waals surface area contributed by atoms with Crippen molar-refractivity contribution >= 4 is 11.9 Å². The number of rotatable bonds is 2. The number of aromatic nitrogens is 3. The van der Waals surface area contributed by atoms with Crippen LogP contribution in [0.1, 0.15) is 21.9 Å². The topological polar surface area (TPSA) is 107 Å². The Kier molecular flexibility index (Phi) is 3.85. The standard InChI is InChI=1S/C12H11N5O2/c1-8-15-12(19-17-8)16-11(18)10-5-4-9(7-14-10)3-2-6-13/h4-5,7H,6,13H2,1H3,(H,15,16,17,18). The third kappa shape index (κ3) is 3.37. The summed E-state index contributed by atoms with van der Waals surface area (Å²) in [6.07, 6.45) is 1.50. The van der Waals surface area contributed by atoms with Gasteiger partial charge >= 0.3 is 6.01 Å². The van der Waals surface area contributed by atoms with Gasteiger partial charge in [-0.2, -0.15) is 4.98 Å². The third-order valence-corrected chi connectivity index (χ3v) is 2.08. The molecule has 0 aliphatic rings. The Morgan fingerprint density at radius 1 is 1.53 bits per heavy atom. The molecule has 0 radical (unpaired) electrons. The summed E-state index contributed by atoms with van der Waals surface area (Å²) in [5.41, 5.74) is 6.18. The van der Waals surface area contributed by atoms with Crippen LogP contribution in [0.4, 0.5) is 6.01 Å². The van der Waals surface area contributed by atoms with Crippen LogP contribution in [0.5, 0.6) is 0 Å². The summed E-state index contributed by atoms with van der Waals surface area (Å²) in [4.78, 5) is 19.6. The van der Waals surface area contributed by atoms with Crippen LogP contribution >= 0.6 is 0 Å². The molecule has 0 aliphatic heterocycles. The molecule has 7 heteroatoms. The Morgan fingerprint density at radius 3 is 2.95 bits per heavy atom. The van der Waals surface area contributed by atoms with Crippen molar-refractivity contribution < 1.29 is 9.32 Å². The maximum absolute atomic E-state index is 11.8. The maximum Gasteiger partial charge on any atom is 0.328 e. The van der Waals surface area contributed by atoms with Gasteiger partial charge in [-0.25, -0.2) is 4.98 Å². The second-order valence-corrected chi connectivity index (χ2v) is 3.54. The van der Waals surface area contributed by atoms with E-state index in [2.05, 4.69) is 32.3 Å². The number of nitrogens with two attached hydrogens (primary N) is 1. The monoisotopic (exact) mass is 257 g/mol. The molecule has 0 aromatic carbocycles. The summed E-state index contributed by atoms with van der Waals surface area (Å²) in [5, 5.41) is 6.00. The van der Waals surface area contributed by atoms with Crippen molar-refractivity contribution in [3.63, 3.8) is 0 Å². The van der Waals surface area contributed by atoms with E-state index in [1.54, 1.807) is 19.1 Å². The van der Waals surface area contributed by atoms with Gasteiger partial charge in [-0.3, -0.25) is 10.1 Å². The molecule has 19 heavy (non-hydrogen) atoms. The van der Waals surface area contributed by atoms with Crippen molar-refractivity contribution in [1.82, 2.24) is 15.1 Å². The van der Waals surface area contributed by atoms with E-state index in [4.69, 9.17) is 10.3 Å². The molecular weight excluding hydrogens is 246 g/mol. The molecule has 0 fully saturated rings. The molecular formula is C12H11N5O2. The van der Waals surface area contributed by atoms with Gasteiger partial charge < -0.3 is 10.3 Å². The number of hydrogen-bond donors (Lipinski definition) is 2. The second kappa shape index (κ2) is 5.75. The average Bonchev–Trinajstić information content (AvgIpc) is 2.82. The van der Waals surface area contributed by atoms with Gasteiger partial charge in [0.05, 0.1) is 6.54 Å². The van der Waals surface area contributed by atoms with Crippen LogP contribution < -0.4 is 11.1 Å². The number of anilines is 1. The van der Waals surface area contributed by atoms with Crippen molar-refractivity contribution in [3.8, 4) is 11.8 Å². The highest BCUT2D eigenvalue weighted by molar-refractivity contribution is 6.01. The van der Waals surface area contributed by atoms with Gasteiger partial charge in [0.25, 0.3) is 5.91 Å². The lowest BCUT2D eigenvalue weighted by Crippen LogP contribution is -2.13. The number of carbonyl (C=O) groups excluding carboxylic acids is 1. The third-order valence-electron chi connectivity index (χ3n) is 2.08. The second-order valence-electron chi connectivity index (χ2n) is 3.54. The maximum atomic E-state index is 11.8. The molecule has 0 bridgehead atoms. The number of carbonyl (C=O) groups is 1. The number of pyridine rings is 1. The quantitative estimate of drug-likeness (QED) is 0.751. The smallest absolute Gasteiger partial charge is 0.320 e. The van der Waals surface area contributed by atoms with Gasteiger partial charge in [0.2, 0.25) is 0 Å². The van der Waals surface area contributed by atoms with E-state index in [1.807, 2.05) is 0 Å². The first-order chi connectivity index (χ1) is 9.19. The van der Waals surface area contributed by atoms with E-state index in [0.717, 1.165) is 0 Å². The first-order valence-corrected chi connectivity index (χ1v) is 5.45. The number of hydrogen-bond acceptors (Lipinski definition) is 6. The van der Waals surface area contributed by atoms with E-state index in [1.165, 1.54) is 6.20 Å². The molecule has 1 amide bonds. The van der Waals surface area contributed by atoms with Gasteiger partial charge in [-0.05, 0) is 19.1 Å². The molecule has 0 saturated carbocycles. The predicted octanol–water partition coefficient (Wildman–Crippen LogP) is 0.336. The zero-order valence-corrected chi connectivity index (χ0v) is 10.2. The van der Waals surface area contributed by atoms with Crippen LogP contribution in [0.25, 0.3) is 0 Å². The first kappa shape index (κ1) is 12.7. The molecule has 0 aliphatic carbocycles. The summed E-state index contributed by atoms with van der Waals surface area (Å²) < 4.78 is 4.78. The molecule has 2 rings (SSSR count). The van der Waals surface area contributed by atoms with Crippen LogP contribution in [0.15, 0.2) is 22.9 Å². The summed E-state index contributed by atoms with van der Waals surface area (Å²) in [6.45, 7) is 1.93. The van der Waals surface area contributed by atoms with Crippen LogP contribution in [0.3, 0.4) is 0 Å². The Hall–Kier alpha value is -2.72. The summed E-state index contributed by atoms with van der Waals surface area (Å²) in [5.74, 6) is 5.52.